The first-order chi connectivity index (χ1) is 43.3. The van der Waals surface area contributed by atoms with Gasteiger partial charge in [-0.2, -0.15) is 0 Å². The van der Waals surface area contributed by atoms with Crippen molar-refractivity contribution in [1.29, 1.82) is 0 Å². The van der Waals surface area contributed by atoms with Gasteiger partial charge in [-0.25, -0.2) is 0 Å². The fourth-order valence-electron chi connectivity index (χ4n) is 15.3. The Morgan fingerprint density at radius 3 is 0.705 bits per heavy atom. The quantitative estimate of drug-likeness (QED) is 0.176. The zero-order chi connectivity index (χ0) is 58.2. The molecule has 0 aliphatic heterocycles. The van der Waals surface area contributed by atoms with Gasteiger partial charge in [-0.1, -0.05) is 144 Å². The molecule has 6 heterocycles. The third-order valence-corrected chi connectivity index (χ3v) is 18.9. The molecule has 6 aromatic heterocycles. The van der Waals surface area contributed by atoms with Crippen LogP contribution < -0.4 is 0 Å². The molecule has 0 bridgehead atoms. The van der Waals surface area contributed by atoms with Crippen LogP contribution in [0.4, 0.5) is 0 Å². The van der Waals surface area contributed by atoms with Crippen LogP contribution in [0.1, 0.15) is 22.3 Å². The summed E-state index contributed by atoms with van der Waals surface area (Å²) in [7, 11) is 0. The Kier molecular flexibility index (Phi) is 10.0. The molecule has 0 atom stereocenters. The van der Waals surface area contributed by atoms with E-state index in [0.717, 1.165) is 67.8 Å². The Morgan fingerprint density at radius 1 is 0.227 bits per heavy atom. The average Bonchev–Trinajstić information content (AvgIpc) is 1.58. The molecule has 2 aliphatic carbocycles. The molecule has 8 nitrogen and oxygen atoms in total. The number of nitrogens with zero attached hydrogens (tertiary/aromatic N) is 8. The normalized spacial score (nSPS) is 12.3. The van der Waals surface area contributed by atoms with E-state index in [1.807, 2.05) is 24.8 Å². The molecule has 20 rings (SSSR count). The number of para-hydroxylation sites is 4. The lowest BCUT2D eigenvalue weighted by Crippen LogP contribution is -1.98. The highest BCUT2D eigenvalue weighted by Crippen LogP contribution is 2.54. The molecule has 12 aromatic carbocycles. The highest BCUT2D eigenvalue weighted by molar-refractivity contribution is 6.23. The van der Waals surface area contributed by atoms with Crippen LogP contribution in [0, 0.1) is 27.7 Å². The number of aromatic nitrogens is 8. The van der Waals surface area contributed by atoms with Crippen molar-refractivity contribution in [3.8, 4) is 67.8 Å². The highest BCUT2D eigenvalue weighted by Gasteiger charge is 2.34. The maximum Gasteiger partial charge on any atom is 0.0993 e. The van der Waals surface area contributed by atoms with Crippen LogP contribution in [-0.4, -0.2) is 38.2 Å². The van der Waals surface area contributed by atoms with Crippen molar-refractivity contribution in [2.24, 2.45) is 0 Å². The first-order valence-electron chi connectivity index (χ1n) is 30.2. The van der Waals surface area contributed by atoms with Gasteiger partial charge in [0.1, 0.15) is 0 Å². The second-order valence-corrected chi connectivity index (χ2v) is 24.0. The van der Waals surface area contributed by atoms with E-state index in [1.54, 1.807) is 0 Å². The summed E-state index contributed by atoms with van der Waals surface area (Å²) >= 11 is 0. The third-order valence-electron chi connectivity index (χ3n) is 18.9. The summed E-state index contributed by atoms with van der Waals surface area (Å²) in [4.78, 5) is 20.1. The van der Waals surface area contributed by atoms with Crippen molar-refractivity contribution in [2.75, 3.05) is 0 Å². The number of hydrogen-bond donors (Lipinski definition) is 0. The average molecular weight is 1130 g/mol. The molecule has 0 unspecified atom stereocenters. The maximum absolute atomic E-state index is 5.04. The van der Waals surface area contributed by atoms with Gasteiger partial charge in [0, 0.05) is 101 Å². The van der Waals surface area contributed by atoms with Crippen LogP contribution in [0.5, 0.6) is 0 Å². The zero-order valence-electron chi connectivity index (χ0n) is 48.7. The fraction of sp³-hybridized carbons (Fsp3) is 0.0500. The van der Waals surface area contributed by atoms with E-state index in [0.29, 0.717) is 0 Å². The van der Waals surface area contributed by atoms with E-state index in [4.69, 9.17) is 19.9 Å². The summed E-state index contributed by atoms with van der Waals surface area (Å²) in [5.74, 6) is 0. The van der Waals surface area contributed by atoms with Gasteiger partial charge >= 0.3 is 0 Å². The lowest BCUT2D eigenvalue weighted by atomic mass is 10.0. The van der Waals surface area contributed by atoms with E-state index >= 15 is 0 Å². The Labute approximate surface area is 505 Å². The van der Waals surface area contributed by atoms with Crippen LogP contribution in [0.3, 0.4) is 0 Å². The number of aryl methyl sites for hydroxylation is 4. The fourth-order valence-corrected chi connectivity index (χ4v) is 15.3. The van der Waals surface area contributed by atoms with E-state index < -0.39 is 0 Å². The number of benzene rings is 12. The first kappa shape index (κ1) is 48.8. The Bertz CT molecular complexity index is 5540. The molecule has 8 heteroatoms. The largest absolute Gasteiger partial charge is 0.309 e. The second kappa shape index (κ2) is 18.0. The topological polar surface area (TPSA) is 71.3 Å². The number of rotatable bonds is 4. The molecule has 412 valence electrons. The summed E-state index contributed by atoms with van der Waals surface area (Å²) in [6.45, 7) is 8.69. The van der Waals surface area contributed by atoms with Crippen molar-refractivity contribution in [3.05, 3.63) is 265 Å². The van der Waals surface area contributed by atoms with Gasteiger partial charge in [0.05, 0.1) is 89.7 Å². The SMILES string of the molecule is Cc1ccc2c(c1)c1cc(C)ccc1n2-c1ccc2ccc(-n3c4ccc(C)cc4c4cc(C)ccc43)c3c2c1-c1nccnc1-3.c1ccc2c(c1)c1ccccc1n2-c1ccc2ccc(-n3c4ccccc4c4ccccc43)c3c2c1-c1nccnc1-3. The van der Waals surface area contributed by atoms with E-state index in [-0.39, 0.29) is 0 Å². The Balaban J connectivity index is 0.000000128. The summed E-state index contributed by atoms with van der Waals surface area (Å²) in [6, 6.07) is 80.0. The van der Waals surface area contributed by atoms with Gasteiger partial charge in [-0.15, -0.1) is 0 Å². The van der Waals surface area contributed by atoms with Crippen LogP contribution in [0.25, 0.3) is 177 Å². The second-order valence-electron chi connectivity index (χ2n) is 24.0. The molecule has 0 saturated heterocycles. The predicted molar refractivity (Wildman–Crippen MR) is 364 cm³/mol. The van der Waals surface area contributed by atoms with E-state index in [2.05, 4.69) is 264 Å². The molecule has 0 radical (unpaired) electrons. The minimum atomic E-state index is 0.933. The van der Waals surface area contributed by atoms with Crippen molar-refractivity contribution in [1.82, 2.24) is 38.2 Å². The number of fused-ring (bicyclic) bond motifs is 18. The summed E-state index contributed by atoms with van der Waals surface area (Å²) in [6.07, 6.45) is 7.30. The van der Waals surface area contributed by atoms with Gasteiger partial charge in [0.25, 0.3) is 0 Å². The molecule has 0 fully saturated rings. The summed E-state index contributed by atoms with van der Waals surface area (Å²) in [5, 5.41) is 14.9. The molecular formula is C80H52N8. The van der Waals surface area contributed by atoms with Crippen molar-refractivity contribution < 1.29 is 0 Å². The van der Waals surface area contributed by atoms with Crippen LogP contribution in [0.15, 0.2) is 243 Å². The molecule has 88 heavy (non-hydrogen) atoms. The number of hydrogen-bond acceptors (Lipinski definition) is 4. The minimum Gasteiger partial charge on any atom is -0.309 e. The van der Waals surface area contributed by atoms with Crippen molar-refractivity contribution >= 4 is 109 Å². The Morgan fingerprint density at radius 2 is 0.455 bits per heavy atom. The van der Waals surface area contributed by atoms with Crippen molar-refractivity contribution in [2.45, 2.75) is 27.7 Å². The van der Waals surface area contributed by atoms with Crippen LogP contribution >= 0.6 is 0 Å². The first-order valence-corrected chi connectivity index (χ1v) is 30.2. The van der Waals surface area contributed by atoms with Gasteiger partial charge in [-0.3, -0.25) is 19.9 Å². The molecule has 0 amide bonds. The summed E-state index contributed by atoms with van der Waals surface area (Å²) < 4.78 is 9.68. The van der Waals surface area contributed by atoms with Crippen LogP contribution in [0.2, 0.25) is 0 Å². The molecule has 18 aromatic rings. The van der Waals surface area contributed by atoms with Gasteiger partial charge in [0.2, 0.25) is 0 Å². The predicted octanol–water partition coefficient (Wildman–Crippen LogP) is 20.2. The smallest absolute Gasteiger partial charge is 0.0993 e. The monoisotopic (exact) mass is 1120 g/mol. The van der Waals surface area contributed by atoms with Gasteiger partial charge < -0.3 is 18.3 Å². The maximum atomic E-state index is 5.04. The zero-order valence-corrected chi connectivity index (χ0v) is 48.7. The standard InChI is InChI=1S/C42H30N4.C38H22N4/c1-23-5-11-32-28(19-23)29-20-24(2)6-12-33(29)45(32)36-15-9-27-10-16-37(40-38(27)39(36)41-42(40)44-18-17-43-41)46-34-13-7-25(3)21-30(34)31-22-26(4)8-14-35(31)46;1-5-13-28-24(9-1)25-10-2-6-14-29(25)41(28)32-19-17-23-18-20-33(36-34(23)35(32)37-38(36)40-22-21-39-37)42-30-15-7-3-11-26(30)27-12-4-8-16-31(27)42/h5-22H,1-4H3;1-22H. The lowest BCUT2D eigenvalue weighted by molar-refractivity contribution is 1.16. The third kappa shape index (κ3) is 6.63. The van der Waals surface area contributed by atoms with Gasteiger partial charge in [-0.05, 0) is 136 Å². The molecule has 2 aliphatic rings. The minimum absolute atomic E-state index is 0.933. The molecular weight excluding hydrogens is 1070 g/mol. The summed E-state index contributed by atoms with van der Waals surface area (Å²) in [5.41, 5.74) is 27.4. The highest BCUT2D eigenvalue weighted by atomic mass is 15.0. The van der Waals surface area contributed by atoms with Gasteiger partial charge in [0.15, 0.2) is 0 Å². The Hall–Kier alpha value is -11.5. The molecule has 0 saturated carbocycles. The van der Waals surface area contributed by atoms with Crippen molar-refractivity contribution in [3.63, 3.8) is 0 Å². The van der Waals surface area contributed by atoms with Crippen LogP contribution in [-0.2, 0) is 0 Å². The van der Waals surface area contributed by atoms with E-state index in [9.17, 15) is 0 Å². The van der Waals surface area contributed by atoms with E-state index in [1.165, 1.54) is 131 Å². The lowest BCUT2D eigenvalue weighted by Gasteiger charge is -2.16. The molecule has 0 spiro atoms. The molecule has 0 N–H and O–H groups in total.